The van der Waals surface area contributed by atoms with Crippen molar-refractivity contribution in [1.29, 1.82) is 0 Å². The van der Waals surface area contributed by atoms with Gasteiger partial charge in [-0.05, 0) is 83.6 Å². The lowest BCUT2D eigenvalue weighted by Crippen LogP contribution is -2.13. The number of aryl methyl sites for hydroxylation is 1. The minimum atomic E-state index is -0.500. The van der Waals surface area contributed by atoms with E-state index in [-0.39, 0.29) is 34.2 Å². The second-order valence-corrected chi connectivity index (χ2v) is 12.9. The Morgan fingerprint density at radius 3 is 2.20 bits per heavy atom. The number of imidazole rings is 1. The van der Waals surface area contributed by atoms with Gasteiger partial charge in [-0.15, -0.1) is 10.2 Å². The maximum atomic E-state index is 13.7. The molecule has 0 saturated carbocycles. The van der Waals surface area contributed by atoms with Crippen molar-refractivity contribution in [2.75, 3.05) is 10.8 Å². The monoisotopic (exact) mass is 742 g/mol. The normalized spacial score (nSPS) is 12.4. The van der Waals surface area contributed by atoms with Gasteiger partial charge in [0.05, 0.1) is 33.7 Å². The van der Waals surface area contributed by atoms with Gasteiger partial charge in [-0.1, -0.05) is 54.6 Å². The van der Waals surface area contributed by atoms with Crippen LogP contribution in [-0.4, -0.2) is 32.5 Å². The largest absolute Gasteiger partial charge is 0.505 e. The highest BCUT2D eigenvalue weighted by Gasteiger charge is 2.27. The number of nitrogens with zero attached hydrogens (tertiary/aromatic N) is 4. The summed E-state index contributed by atoms with van der Waals surface area (Å²) in [7, 11) is 0. The number of Topliss-reactive ketones (excluding diaryl/α,β-unsaturated/α-hetero) is 1. The highest BCUT2D eigenvalue weighted by atomic mass is 16.6. The Bertz CT molecular complexity index is 2920. The zero-order chi connectivity index (χ0) is 38.9. The molecule has 0 unspecified atom stereocenters. The fraction of sp³-hybridized carbons (Fsp3) is 0.0476. The highest BCUT2D eigenvalue weighted by Crippen LogP contribution is 2.42. The topological polar surface area (TPSA) is 203 Å². The molecule has 8 rings (SSSR count). The second-order valence-electron chi connectivity index (χ2n) is 12.9. The molecule has 14 heteroatoms. The molecule has 1 amide bonds. The molecule has 0 saturated heterocycles. The number of H-pyrrole nitrogens is 2. The number of amides is 1. The predicted molar refractivity (Wildman–Crippen MR) is 211 cm³/mol. The Morgan fingerprint density at radius 2 is 1.45 bits per heavy atom. The van der Waals surface area contributed by atoms with Crippen LogP contribution in [0.2, 0.25) is 0 Å². The molecule has 274 valence electrons. The van der Waals surface area contributed by atoms with Crippen LogP contribution in [-0.2, 0) is 9.63 Å². The number of aromatic amines is 2. The lowest BCUT2D eigenvalue weighted by Gasteiger charge is -2.12. The standard InChI is InChI=1S/C42H30N8O6/c1-22-7-3-6-10-34(22)43-41(54)33-17-24-8-4-5-9-28(24)38(40(33)53)49-47-26-12-15-30-29-14-11-25(18-31(29)39(52)32(30)19-26)46-48-37(23(2)51)21-56-50-27-13-16-35-36(20-27)45-42(55)44-35/h3-21,50,53H,1-2H3,(H,43,54)(H2,44,45,55). The van der Waals surface area contributed by atoms with Crippen molar-refractivity contribution in [3.8, 4) is 16.9 Å². The van der Waals surface area contributed by atoms with Gasteiger partial charge in [0.1, 0.15) is 11.9 Å². The number of allylic oxidation sites excluding steroid dienone is 1. The van der Waals surface area contributed by atoms with Crippen LogP contribution in [0.5, 0.6) is 5.75 Å². The minimum absolute atomic E-state index is 0.0359. The van der Waals surface area contributed by atoms with Crippen LogP contribution in [0.4, 0.5) is 28.4 Å². The van der Waals surface area contributed by atoms with Gasteiger partial charge >= 0.3 is 5.69 Å². The van der Waals surface area contributed by atoms with Gasteiger partial charge in [0, 0.05) is 29.1 Å². The number of para-hydroxylation sites is 1. The first-order valence-corrected chi connectivity index (χ1v) is 17.3. The van der Waals surface area contributed by atoms with Gasteiger partial charge in [-0.2, -0.15) is 10.2 Å². The van der Waals surface area contributed by atoms with Crippen molar-refractivity contribution in [3.05, 3.63) is 154 Å². The maximum Gasteiger partial charge on any atom is 0.323 e. The van der Waals surface area contributed by atoms with Gasteiger partial charge < -0.3 is 25.2 Å². The fourth-order valence-corrected chi connectivity index (χ4v) is 6.32. The molecule has 0 aliphatic heterocycles. The number of aromatic nitrogens is 2. The van der Waals surface area contributed by atoms with Crippen LogP contribution in [0.15, 0.2) is 146 Å². The van der Waals surface area contributed by atoms with Gasteiger partial charge in [0.15, 0.2) is 23.0 Å². The van der Waals surface area contributed by atoms with E-state index in [2.05, 4.69) is 41.2 Å². The Balaban J connectivity index is 1.01. The smallest absolute Gasteiger partial charge is 0.323 e. The van der Waals surface area contributed by atoms with Crippen molar-refractivity contribution < 1.29 is 24.3 Å². The maximum absolute atomic E-state index is 13.7. The molecule has 5 N–H and O–H groups in total. The molecule has 0 bridgehead atoms. The number of phenols is 1. The molecule has 1 aromatic heterocycles. The van der Waals surface area contributed by atoms with E-state index in [4.69, 9.17) is 4.84 Å². The first kappa shape index (κ1) is 35.1. The van der Waals surface area contributed by atoms with E-state index in [0.717, 1.165) is 11.8 Å². The summed E-state index contributed by atoms with van der Waals surface area (Å²) in [5.74, 6) is -1.50. The van der Waals surface area contributed by atoms with E-state index >= 15 is 0 Å². The average molecular weight is 743 g/mol. The number of benzene rings is 6. The second kappa shape index (κ2) is 14.4. The molecule has 6 aromatic carbocycles. The predicted octanol–water partition coefficient (Wildman–Crippen LogP) is 9.46. The van der Waals surface area contributed by atoms with Crippen molar-refractivity contribution in [2.24, 2.45) is 20.5 Å². The van der Waals surface area contributed by atoms with Crippen molar-refractivity contribution in [2.45, 2.75) is 13.8 Å². The minimum Gasteiger partial charge on any atom is -0.505 e. The molecule has 56 heavy (non-hydrogen) atoms. The number of anilines is 2. The summed E-state index contributed by atoms with van der Waals surface area (Å²) in [5.41, 5.74) is 8.48. The Hall–Kier alpha value is -8.00. The third-order valence-corrected chi connectivity index (χ3v) is 9.18. The van der Waals surface area contributed by atoms with Crippen LogP contribution < -0.4 is 16.5 Å². The molecule has 1 heterocycles. The average Bonchev–Trinajstić information content (AvgIpc) is 3.70. The highest BCUT2D eigenvalue weighted by molar-refractivity contribution is 6.22. The number of ketones is 2. The van der Waals surface area contributed by atoms with Crippen molar-refractivity contribution in [1.82, 2.24) is 9.97 Å². The summed E-state index contributed by atoms with van der Waals surface area (Å²) in [4.78, 5) is 61.5. The van der Waals surface area contributed by atoms with E-state index < -0.39 is 11.7 Å². The fourth-order valence-electron chi connectivity index (χ4n) is 6.32. The zero-order valence-electron chi connectivity index (χ0n) is 29.7. The van der Waals surface area contributed by atoms with E-state index in [1.54, 1.807) is 78.9 Å². The molecular formula is C42H30N8O6. The SMILES string of the molecule is CC(=O)C(=CONc1ccc2[nH]c(=O)[nH]c2c1)N=Nc1ccc2c(c1)C(=O)c1cc(N=Nc3c(O)c(C(=O)Nc4ccccc4C)cc4ccccc34)ccc1-2. The molecule has 14 nitrogen and oxygen atoms in total. The number of nitrogens with one attached hydrogen (secondary N) is 4. The summed E-state index contributed by atoms with van der Waals surface area (Å²) in [6.45, 7) is 3.19. The summed E-state index contributed by atoms with van der Waals surface area (Å²) in [6.07, 6.45) is 1.11. The lowest BCUT2D eigenvalue weighted by atomic mass is 10.0. The molecular weight excluding hydrogens is 713 g/mol. The molecule has 0 radical (unpaired) electrons. The Kier molecular flexibility index (Phi) is 9.04. The number of aromatic hydroxyl groups is 1. The van der Waals surface area contributed by atoms with E-state index in [0.29, 0.717) is 66.8 Å². The van der Waals surface area contributed by atoms with Gasteiger partial charge in [-0.3, -0.25) is 14.4 Å². The molecule has 1 aliphatic carbocycles. The van der Waals surface area contributed by atoms with Gasteiger partial charge in [-0.25, -0.2) is 10.3 Å². The molecule has 0 spiro atoms. The third kappa shape index (κ3) is 6.80. The van der Waals surface area contributed by atoms with E-state index in [1.807, 2.05) is 37.3 Å². The summed E-state index contributed by atoms with van der Waals surface area (Å²) in [6, 6.07) is 31.3. The van der Waals surface area contributed by atoms with E-state index in [9.17, 15) is 24.3 Å². The summed E-state index contributed by atoms with van der Waals surface area (Å²) < 4.78 is 0. The van der Waals surface area contributed by atoms with Crippen molar-refractivity contribution in [3.63, 3.8) is 0 Å². The number of hydrogen-bond acceptors (Lipinski definition) is 11. The number of rotatable bonds is 10. The molecule has 0 atom stereocenters. The third-order valence-electron chi connectivity index (χ3n) is 9.18. The quantitative estimate of drug-likeness (QED) is 0.0397. The molecule has 0 fully saturated rings. The molecule has 7 aromatic rings. The van der Waals surface area contributed by atoms with Crippen LogP contribution in [0.3, 0.4) is 0 Å². The van der Waals surface area contributed by atoms with Crippen LogP contribution in [0.25, 0.3) is 32.9 Å². The lowest BCUT2D eigenvalue weighted by molar-refractivity contribution is -0.113. The van der Waals surface area contributed by atoms with Crippen LogP contribution in [0.1, 0.15) is 38.8 Å². The van der Waals surface area contributed by atoms with Crippen molar-refractivity contribution >= 4 is 67.7 Å². The zero-order valence-corrected chi connectivity index (χ0v) is 29.7. The number of phenolic OH excluding ortho intramolecular Hbond substituents is 1. The Labute approximate surface area is 317 Å². The van der Waals surface area contributed by atoms with E-state index in [1.165, 1.54) is 6.92 Å². The van der Waals surface area contributed by atoms with Gasteiger partial charge in [0.2, 0.25) is 0 Å². The number of hydrogen-bond donors (Lipinski definition) is 5. The first-order valence-electron chi connectivity index (χ1n) is 17.3. The van der Waals surface area contributed by atoms with Crippen LogP contribution in [0, 0.1) is 6.92 Å². The number of azo groups is 2. The van der Waals surface area contributed by atoms with Crippen LogP contribution >= 0.6 is 0 Å². The summed E-state index contributed by atoms with van der Waals surface area (Å²) in [5, 5.41) is 32.5. The number of fused-ring (bicyclic) bond motifs is 5. The van der Waals surface area contributed by atoms with Gasteiger partial charge in [0.25, 0.3) is 5.91 Å². The number of carbonyl (C=O) groups is 3. The number of carbonyl (C=O) groups excluding carboxylic acids is 3. The Morgan fingerprint density at radius 1 is 0.750 bits per heavy atom. The summed E-state index contributed by atoms with van der Waals surface area (Å²) >= 11 is 0. The first-order chi connectivity index (χ1) is 27.1. The molecule has 1 aliphatic rings.